The van der Waals surface area contributed by atoms with Crippen molar-refractivity contribution in [1.82, 2.24) is 13.9 Å². The van der Waals surface area contributed by atoms with Crippen molar-refractivity contribution in [3.8, 4) is 0 Å². The number of para-hydroxylation sites is 1. The van der Waals surface area contributed by atoms with Crippen molar-refractivity contribution in [1.29, 1.82) is 0 Å². The number of benzene rings is 2. The predicted octanol–water partition coefficient (Wildman–Crippen LogP) is 1.91. The molecular weight excluding hydrogens is 378 g/mol. The van der Waals surface area contributed by atoms with Crippen LogP contribution in [0.25, 0.3) is 10.9 Å². The molecule has 3 aromatic rings. The molecule has 1 aliphatic heterocycles. The van der Waals surface area contributed by atoms with Gasteiger partial charge in [-0.3, -0.25) is 9.36 Å². The number of nitrogens with one attached hydrogen (secondary N) is 1. The van der Waals surface area contributed by atoms with Crippen LogP contribution in [-0.4, -0.2) is 35.4 Å². The summed E-state index contributed by atoms with van der Waals surface area (Å²) in [5.74, 6) is 0. The van der Waals surface area contributed by atoms with Gasteiger partial charge < -0.3 is 4.98 Å². The Hall–Kier alpha value is -2.71. The lowest BCUT2D eigenvalue weighted by Gasteiger charge is -2.25. The minimum atomic E-state index is -3.50. The van der Waals surface area contributed by atoms with Gasteiger partial charge in [-0.2, -0.15) is 4.31 Å². The minimum Gasteiger partial charge on any atom is -0.307 e. The van der Waals surface area contributed by atoms with Crippen molar-refractivity contribution < 1.29 is 8.42 Å². The van der Waals surface area contributed by atoms with Crippen LogP contribution in [0.5, 0.6) is 0 Å². The fourth-order valence-electron chi connectivity index (χ4n) is 3.55. The van der Waals surface area contributed by atoms with Crippen molar-refractivity contribution in [2.75, 3.05) is 13.1 Å². The second kappa shape index (κ2) is 7.37. The van der Waals surface area contributed by atoms with Crippen LogP contribution in [0.2, 0.25) is 0 Å². The van der Waals surface area contributed by atoms with E-state index in [-0.39, 0.29) is 17.0 Å². The molecule has 0 amide bonds. The summed E-state index contributed by atoms with van der Waals surface area (Å²) in [5, 5.41) is 0.436. The average molecular weight is 399 g/mol. The number of aromatic amines is 1. The summed E-state index contributed by atoms with van der Waals surface area (Å²) in [5.41, 5.74) is 0.315. The van der Waals surface area contributed by atoms with Gasteiger partial charge in [-0.05, 0) is 42.7 Å². The molecule has 4 rings (SSSR count). The van der Waals surface area contributed by atoms with Crippen LogP contribution in [0.1, 0.15) is 24.8 Å². The van der Waals surface area contributed by atoms with Crippen molar-refractivity contribution in [2.24, 2.45) is 0 Å². The molecule has 1 aromatic heterocycles. The number of nitrogens with zero attached hydrogens (tertiary/aromatic N) is 2. The number of H-pyrrole nitrogens is 1. The number of hydrogen-bond donors (Lipinski definition) is 1. The molecule has 2 aromatic carbocycles. The van der Waals surface area contributed by atoms with Crippen molar-refractivity contribution in [2.45, 2.75) is 30.7 Å². The summed E-state index contributed by atoms with van der Waals surface area (Å²) in [6.45, 7) is 1.17. The number of fused-ring (bicyclic) bond motifs is 1. The van der Waals surface area contributed by atoms with Crippen molar-refractivity contribution in [3.05, 3.63) is 74.9 Å². The highest BCUT2D eigenvalue weighted by molar-refractivity contribution is 7.89. The summed E-state index contributed by atoms with van der Waals surface area (Å²) >= 11 is 0. The van der Waals surface area contributed by atoms with Gasteiger partial charge >= 0.3 is 5.69 Å². The monoisotopic (exact) mass is 399 g/mol. The lowest BCUT2D eigenvalue weighted by Crippen LogP contribution is -2.36. The summed E-state index contributed by atoms with van der Waals surface area (Å²) < 4.78 is 28.1. The lowest BCUT2D eigenvalue weighted by atomic mass is 10.2. The first kappa shape index (κ1) is 18.6. The standard InChI is InChI=1S/C20H21N3O4S/c24-19-17-6-2-3-7-18(17)21-20(25)23(19)14-15-8-10-16(11-9-15)28(26,27)22-12-4-1-5-13-22/h2-3,6-11H,1,4-5,12-14H2,(H,21,25). The Kier molecular flexibility index (Phi) is 4.91. The molecule has 0 radical (unpaired) electrons. The van der Waals surface area contributed by atoms with Crippen LogP contribution in [0.4, 0.5) is 0 Å². The normalized spacial score (nSPS) is 15.7. The highest BCUT2D eigenvalue weighted by Gasteiger charge is 2.25. The Bertz CT molecular complexity index is 1220. The smallest absolute Gasteiger partial charge is 0.307 e. The molecule has 0 saturated carbocycles. The molecule has 1 fully saturated rings. The summed E-state index contributed by atoms with van der Waals surface area (Å²) in [7, 11) is -3.50. The minimum absolute atomic E-state index is 0.0725. The number of rotatable bonds is 4. The van der Waals surface area contributed by atoms with E-state index in [2.05, 4.69) is 4.98 Å². The highest BCUT2D eigenvalue weighted by Crippen LogP contribution is 2.21. The topological polar surface area (TPSA) is 92.2 Å². The van der Waals surface area contributed by atoms with Gasteiger partial charge in [0, 0.05) is 13.1 Å². The molecule has 1 aliphatic rings. The third kappa shape index (κ3) is 3.41. The lowest BCUT2D eigenvalue weighted by molar-refractivity contribution is 0.346. The zero-order valence-electron chi connectivity index (χ0n) is 15.3. The maximum Gasteiger partial charge on any atom is 0.329 e. The first-order valence-corrected chi connectivity index (χ1v) is 10.7. The molecule has 0 atom stereocenters. The van der Waals surface area contributed by atoms with Crippen LogP contribution >= 0.6 is 0 Å². The van der Waals surface area contributed by atoms with Gasteiger partial charge in [0.1, 0.15) is 0 Å². The Morgan fingerprint density at radius 2 is 1.57 bits per heavy atom. The summed E-state index contributed by atoms with van der Waals surface area (Å²) in [4.78, 5) is 27.9. The molecule has 8 heteroatoms. The summed E-state index contributed by atoms with van der Waals surface area (Å²) in [6.07, 6.45) is 2.82. The molecule has 1 N–H and O–H groups in total. The van der Waals surface area contributed by atoms with Gasteiger partial charge in [-0.1, -0.05) is 30.7 Å². The highest BCUT2D eigenvalue weighted by atomic mass is 32.2. The van der Waals surface area contributed by atoms with E-state index in [9.17, 15) is 18.0 Å². The Balaban J connectivity index is 1.63. The third-order valence-electron chi connectivity index (χ3n) is 5.11. The van der Waals surface area contributed by atoms with Gasteiger partial charge in [0.05, 0.1) is 22.3 Å². The van der Waals surface area contributed by atoms with Crippen LogP contribution in [0.3, 0.4) is 0 Å². The summed E-state index contributed by atoms with van der Waals surface area (Å²) in [6, 6.07) is 13.2. The number of sulfonamides is 1. The second-order valence-corrected chi connectivity index (χ2v) is 8.91. The first-order valence-electron chi connectivity index (χ1n) is 9.28. The van der Waals surface area contributed by atoms with Crippen LogP contribution in [-0.2, 0) is 16.6 Å². The van der Waals surface area contributed by atoms with E-state index in [4.69, 9.17) is 0 Å². The quantitative estimate of drug-likeness (QED) is 0.725. The SMILES string of the molecule is O=c1[nH]c2ccccc2c(=O)n1Cc1ccc(S(=O)(=O)N2CCCCC2)cc1. The molecule has 0 aliphatic carbocycles. The Labute approximate surface area is 162 Å². The van der Waals surface area contributed by atoms with Gasteiger partial charge in [-0.15, -0.1) is 0 Å². The molecule has 0 spiro atoms. The molecule has 28 heavy (non-hydrogen) atoms. The maximum absolute atomic E-state index is 12.7. The molecule has 0 unspecified atom stereocenters. The fourth-order valence-corrected chi connectivity index (χ4v) is 5.06. The zero-order chi connectivity index (χ0) is 19.7. The molecule has 1 saturated heterocycles. The van der Waals surface area contributed by atoms with Gasteiger partial charge in [0.25, 0.3) is 5.56 Å². The molecule has 7 nitrogen and oxygen atoms in total. The van der Waals surface area contributed by atoms with E-state index in [0.717, 1.165) is 23.8 Å². The van der Waals surface area contributed by atoms with E-state index in [1.807, 2.05) is 0 Å². The number of hydrogen-bond acceptors (Lipinski definition) is 4. The van der Waals surface area contributed by atoms with Gasteiger partial charge in [0.2, 0.25) is 10.0 Å². The predicted molar refractivity (Wildman–Crippen MR) is 107 cm³/mol. The maximum atomic E-state index is 12.7. The third-order valence-corrected chi connectivity index (χ3v) is 7.02. The van der Waals surface area contributed by atoms with Gasteiger partial charge in [-0.25, -0.2) is 13.2 Å². The number of piperidine rings is 1. The van der Waals surface area contributed by atoms with Crippen molar-refractivity contribution >= 4 is 20.9 Å². The van der Waals surface area contributed by atoms with E-state index >= 15 is 0 Å². The van der Waals surface area contributed by atoms with E-state index in [0.29, 0.717) is 29.6 Å². The first-order chi connectivity index (χ1) is 13.5. The van der Waals surface area contributed by atoms with Crippen LogP contribution < -0.4 is 11.2 Å². The van der Waals surface area contributed by atoms with E-state index < -0.39 is 15.7 Å². The Morgan fingerprint density at radius 3 is 2.29 bits per heavy atom. The molecule has 0 bridgehead atoms. The molecule has 2 heterocycles. The fraction of sp³-hybridized carbons (Fsp3) is 0.300. The zero-order valence-corrected chi connectivity index (χ0v) is 16.1. The average Bonchev–Trinajstić information content (AvgIpc) is 2.72. The van der Waals surface area contributed by atoms with Crippen LogP contribution in [0, 0.1) is 0 Å². The second-order valence-electron chi connectivity index (χ2n) is 6.98. The number of aromatic nitrogens is 2. The van der Waals surface area contributed by atoms with Crippen LogP contribution in [0.15, 0.2) is 63.0 Å². The Morgan fingerprint density at radius 1 is 0.893 bits per heavy atom. The van der Waals surface area contributed by atoms with E-state index in [1.165, 1.54) is 4.31 Å². The molecule has 146 valence electrons. The largest absolute Gasteiger partial charge is 0.329 e. The van der Waals surface area contributed by atoms with E-state index in [1.54, 1.807) is 48.5 Å². The van der Waals surface area contributed by atoms with Crippen molar-refractivity contribution in [3.63, 3.8) is 0 Å². The van der Waals surface area contributed by atoms with Gasteiger partial charge in [0.15, 0.2) is 0 Å². The molecular formula is C20H21N3O4S.